The Kier molecular flexibility index (Phi) is 5.38. The number of hydrogen-bond donors (Lipinski definition) is 1. The van der Waals surface area contributed by atoms with Crippen molar-refractivity contribution in [3.63, 3.8) is 0 Å². The fraction of sp³-hybridized carbons (Fsp3) is 0.333. The summed E-state index contributed by atoms with van der Waals surface area (Å²) in [6, 6.07) is 17.2. The van der Waals surface area contributed by atoms with E-state index in [1.807, 2.05) is 35.4 Å². The summed E-state index contributed by atoms with van der Waals surface area (Å²) in [6.07, 6.45) is 8.13. The van der Waals surface area contributed by atoms with Crippen molar-refractivity contribution in [3.8, 4) is 5.69 Å². The van der Waals surface area contributed by atoms with Crippen LogP contribution in [0.1, 0.15) is 24.1 Å². The Bertz CT molecular complexity index is 800. The van der Waals surface area contributed by atoms with Crippen LogP contribution >= 0.6 is 0 Å². The molecule has 0 unspecified atom stereocenters. The normalized spacial score (nSPS) is 18.1. The van der Waals surface area contributed by atoms with Gasteiger partial charge in [0.05, 0.1) is 11.4 Å². The van der Waals surface area contributed by atoms with Crippen LogP contribution in [-0.4, -0.2) is 38.8 Å². The van der Waals surface area contributed by atoms with Crippen LogP contribution in [0.5, 0.6) is 0 Å². The second-order valence-electron chi connectivity index (χ2n) is 6.90. The Balaban J connectivity index is 1.32. The first kappa shape index (κ1) is 16.9. The molecule has 1 aliphatic heterocycles. The second-order valence-corrected chi connectivity index (χ2v) is 6.90. The number of hydrogen-bond acceptors (Lipinski definition) is 4. The fourth-order valence-corrected chi connectivity index (χ4v) is 3.58. The van der Waals surface area contributed by atoms with Crippen molar-refractivity contribution < 1.29 is 0 Å². The van der Waals surface area contributed by atoms with Crippen molar-refractivity contribution in [1.29, 1.82) is 0 Å². The van der Waals surface area contributed by atoms with Crippen LogP contribution in [0.3, 0.4) is 0 Å². The van der Waals surface area contributed by atoms with Gasteiger partial charge in [-0.05, 0) is 55.3 Å². The molecule has 3 aromatic rings. The predicted octanol–water partition coefficient (Wildman–Crippen LogP) is 3.02. The maximum absolute atomic E-state index is 4.46. The number of benzene rings is 1. The van der Waals surface area contributed by atoms with Crippen LogP contribution in [-0.2, 0) is 13.1 Å². The highest BCUT2D eigenvalue weighted by Gasteiger charge is 2.19. The third-order valence-electron chi connectivity index (χ3n) is 4.89. The molecule has 0 aliphatic carbocycles. The molecule has 2 aromatic heterocycles. The number of aromatic nitrogens is 3. The van der Waals surface area contributed by atoms with Gasteiger partial charge in [0.15, 0.2) is 0 Å². The van der Waals surface area contributed by atoms with Gasteiger partial charge < -0.3 is 5.32 Å². The van der Waals surface area contributed by atoms with E-state index in [9.17, 15) is 0 Å². The summed E-state index contributed by atoms with van der Waals surface area (Å²) in [4.78, 5) is 6.96. The Morgan fingerprint density at radius 3 is 2.92 bits per heavy atom. The van der Waals surface area contributed by atoms with Crippen LogP contribution in [0.15, 0.2) is 67.1 Å². The monoisotopic (exact) mass is 347 g/mol. The molecule has 134 valence electrons. The smallest absolute Gasteiger partial charge is 0.0648 e. The highest BCUT2D eigenvalue weighted by atomic mass is 15.3. The summed E-state index contributed by atoms with van der Waals surface area (Å²) in [6.45, 7) is 4.06. The molecular formula is C21H25N5. The van der Waals surface area contributed by atoms with Gasteiger partial charge in [0.2, 0.25) is 0 Å². The zero-order chi connectivity index (χ0) is 17.6. The SMILES string of the molecule is c1ccc(CN2CCC[C@@H](NCc3cccc(-n4cccn4)c3)C2)nc1. The van der Waals surface area contributed by atoms with Gasteiger partial charge >= 0.3 is 0 Å². The average molecular weight is 347 g/mol. The lowest BCUT2D eigenvalue weighted by molar-refractivity contribution is 0.181. The largest absolute Gasteiger partial charge is 0.309 e. The maximum atomic E-state index is 4.46. The Morgan fingerprint density at radius 2 is 2.08 bits per heavy atom. The molecule has 1 saturated heterocycles. The lowest BCUT2D eigenvalue weighted by atomic mass is 10.0. The van der Waals surface area contributed by atoms with Gasteiger partial charge in [-0.2, -0.15) is 5.10 Å². The fourth-order valence-electron chi connectivity index (χ4n) is 3.58. The molecule has 1 aromatic carbocycles. The minimum absolute atomic E-state index is 0.529. The highest BCUT2D eigenvalue weighted by Crippen LogP contribution is 2.14. The van der Waals surface area contributed by atoms with E-state index in [0.717, 1.165) is 37.6 Å². The molecule has 1 fully saturated rings. The van der Waals surface area contributed by atoms with E-state index in [1.165, 1.54) is 18.4 Å². The van der Waals surface area contributed by atoms with Crippen molar-refractivity contribution in [2.24, 2.45) is 0 Å². The molecule has 1 aliphatic rings. The number of nitrogens with zero attached hydrogens (tertiary/aromatic N) is 4. The molecule has 1 N–H and O–H groups in total. The van der Waals surface area contributed by atoms with Gasteiger partial charge in [0, 0.05) is 44.3 Å². The van der Waals surface area contributed by atoms with E-state index in [0.29, 0.717) is 6.04 Å². The Hall–Kier alpha value is -2.50. The second kappa shape index (κ2) is 8.25. The summed E-state index contributed by atoms with van der Waals surface area (Å²) in [5.74, 6) is 0. The van der Waals surface area contributed by atoms with E-state index in [-0.39, 0.29) is 0 Å². The van der Waals surface area contributed by atoms with Gasteiger partial charge in [-0.15, -0.1) is 0 Å². The van der Waals surface area contributed by atoms with Crippen LogP contribution in [0.2, 0.25) is 0 Å². The molecule has 0 bridgehead atoms. The van der Waals surface area contributed by atoms with Crippen molar-refractivity contribution in [3.05, 3.63) is 78.4 Å². The van der Waals surface area contributed by atoms with Crippen LogP contribution in [0, 0.1) is 0 Å². The summed E-state index contributed by atoms with van der Waals surface area (Å²) in [5, 5.41) is 8.05. The summed E-state index contributed by atoms with van der Waals surface area (Å²) < 4.78 is 1.90. The number of piperidine rings is 1. The highest BCUT2D eigenvalue weighted by molar-refractivity contribution is 5.35. The number of rotatable bonds is 6. The molecule has 5 nitrogen and oxygen atoms in total. The molecule has 0 amide bonds. The van der Waals surface area contributed by atoms with Crippen molar-refractivity contribution >= 4 is 0 Å². The molecule has 0 radical (unpaired) electrons. The van der Waals surface area contributed by atoms with E-state index in [4.69, 9.17) is 0 Å². The first-order chi connectivity index (χ1) is 12.9. The van der Waals surface area contributed by atoms with Gasteiger partial charge in [0.1, 0.15) is 0 Å². The van der Waals surface area contributed by atoms with Crippen molar-refractivity contribution in [2.45, 2.75) is 32.0 Å². The zero-order valence-corrected chi connectivity index (χ0v) is 15.0. The van der Waals surface area contributed by atoms with Crippen molar-refractivity contribution in [2.75, 3.05) is 13.1 Å². The van der Waals surface area contributed by atoms with E-state index < -0.39 is 0 Å². The molecule has 5 heteroatoms. The van der Waals surface area contributed by atoms with Gasteiger partial charge in [0.25, 0.3) is 0 Å². The maximum Gasteiger partial charge on any atom is 0.0648 e. The summed E-state index contributed by atoms with van der Waals surface area (Å²) >= 11 is 0. The van der Waals surface area contributed by atoms with Crippen molar-refractivity contribution in [1.82, 2.24) is 25.0 Å². The van der Waals surface area contributed by atoms with Crippen LogP contribution in [0.4, 0.5) is 0 Å². The van der Waals surface area contributed by atoms with Crippen LogP contribution in [0.25, 0.3) is 5.69 Å². The van der Waals surface area contributed by atoms with E-state index >= 15 is 0 Å². The zero-order valence-electron chi connectivity index (χ0n) is 15.0. The lowest BCUT2D eigenvalue weighted by Crippen LogP contribution is -2.45. The molecule has 26 heavy (non-hydrogen) atoms. The Labute approximate surface area is 154 Å². The van der Waals surface area contributed by atoms with Gasteiger partial charge in [-0.3, -0.25) is 9.88 Å². The summed E-state index contributed by atoms with van der Waals surface area (Å²) in [7, 11) is 0. The summed E-state index contributed by atoms with van der Waals surface area (Å²) in [5.41, 5.74) is 3.55. The van der Waals surface area contributed by atoms with Gasteiger partial charge in [-0.25, -0.2) is 4.68 Å². The van der Waals surface area contributed by atoms with Gasteiger partial charge in [-0.1, -0.05) is 18.2 Å². The first-order valence-electron chi connectivity index (χ1n) is 9.31. The lowest BCUT2D eigenvalue weighted by Gasteiger charge is -2.33. The molecule has 0 saturated carbocycles. The Morgan fingerprint density at radius 1 is 1.08 bits per heavy atom. The number of pyridine rings is 1. The molecule has 0 spiro atoms. The molecular weight excluding hydrogens is 322 g/mol. The molecule has 4 rings (SSSR count). The van der Waals surface area contributed by atoms with Crippen LogP contribution < -0.4 is 5.32 Å². The topological polar surface area (TPSA) is 46.0 Å². The quantitative estimate of drug-likeness (QED) is 0.744. The first-order valence-corrected chi connectivity index (χ1v) is 9.31. The standard InChI is InChI=1S/C21H25N5/c1-2-10-22-19(7-1)16-25-12-4-8-20(17-25)23-15-18-6-3-9-21(14-18)26-13-5-11-24-26/h1-3,5-7,9-11,13-14,20,23H,4,8,12,15-17H2/t20-/m1/s1. The molecule has 1 atom stereocenters. The van der Waals surface area contributed by atoms with E-state index in [1.54, 1.807) is 0 Å². The third kappa shape index (κ3) is 4.36. The minimum Gasteiger partial charge on any atom is -0.309 e. The third-order valence-corrected chi connectivity index (χ3v) is 4.89. The minimum atomic E-state index is 0.529. The number of likely N-dealkylation sites (tertiary alicyclic amines) is 1. The number of nitrogens with one attached hydrogen (secondary N) is 1. The molecule has 3 heterocycles. The average Bonchev–Trinajstić information content (AvgIpc) is 3.23. The predicted molar refractivity (Wildman–Crippen MR) is 103 cm³/mol. The van der Waals surface area contributed by atoms with E-state index in [2.05, 4.69) is 56.7 Å².